The van der Waals surface area contributed by atoms with Gasteiger partial charge in [0.2, 0.25) is 5.82 Å². The first-order chi connectivity index (χ1) is 12.1. The lowest BCUT2D eigenvalue weighted by Crippen LogP contribution is -2.09. The molecule has 0 saturated carbocycles. The number of halogens is 6. The summed E-state index contributed by atoms with van der Waals surface area (Å²) in [5.41, 5.74) is -1.25. The molecule has 2 aromatic carbocycles. The number of allylic oxidation sites excluding steroid dienone is 1. The maximum absolute atomic E-state index is 13.7. The normalized spacial score (nSPS) is 12.1. The van der Waals surface area contributed by atoms with E-state index in [4.69, 9.17) is 5.26 Å². The van der Waals surface area contributed by atoms with Crippen molar-refractivity contribution in [2.24, 2.45) is 0 Å². The predicted molar refractivity (Wildman–Crippen MR) is 86.6 cm³/mol. The zero-order valence-electron chi connectivity index (χ0n) is 12.5. The van der Waals surface area contributed by atoms with Crippen molar-refractivity contribution < 1.29 is 30.4 Å². The quantitative estimate of drug-likeness (QED) is 0.295. The molecule has 136 valence electrons. The van der Waals surface area contributed by atoms with E-state index < -0.39 is 55.1 Å². The van der Waals surface area contributed by atoms with Gasteiger partial charge in [0.1, 0.15) is 11.0 Å². The van der Waals surface area contributed by atoms with Crippen molar-refractivity contribution in [1.29, 1.82) is 5.26 Å². The molecule has 10 heteroatoms. The Morgan fingerprint density at radius 3 is 1.88 bits per heavy atom. The summed E-state index contributed by atoms with van der Waals surface area (Å²) >= 11 is 3.15. The molecule has 2 aromatic rings. The predicted octanol–water partition coefficient (Wildman–Crippen LogP) is 4.62. The Morgan fingerprint density at radius 1 is 0.962 bits per heavy atom. The smallest absolute Gasteiger partial charge is 0.200 e. The molecule has 0 unspecified atom stereocenters. The Morgan fingerprint density at radius 2 is 1.42 bits per heavy atom. The van der Waals surface area contributed by atoms with Crippen LogP contribution in [0.5, 0.6) is 0 Å². The van der Waals surface area contributed by atoms with Crippen LogP contribution in [0.2, 0.25) is 0 Å². The molecule has 0 atom stereocenters. The third-order valence-electron chi connectivity index (χ3n) is 3.23. The van der Waals surface area contributed by atoms with E-state index in [1.807, 2.05) is 0 Å². The molecular weight excluding hydrogens is 445 g/mol. The van der Waals surface area contributed by atoms with Crippen LogP contribution in [0.3, 0.4) is 0 Å². The number of rotatable bonds is 4. The summed E-state index contributed by atoms with van der Waals surface area (Å²) in [6.07, 6.45) is 0.129. The lowest BCUT2D eigenvalue weighted by atomic mass is 10.1. The molecule has 26 heavy (non-hydrogen) atoms. The fourth-order valence-corrected chi connectivity index (χ4v) is 3.44. The Balaban J connectivity index is 2.55. The molecule has 0 saturated heterocycles. The molecule has 0 bridgehead atoms. The minimum absolute atomic E-state index is 0.129. The van der Waals surface area contributed by atoms with E-state index in [0.717, 1.165) is 0 Å². The third kappa shape index (κ3) is 3.94. The second kappa shape index (κ2) is 7.55. The van der Waals surface area contributed by atoms with Crippen LogP contribution in [-0.4, -0.2) is 8.42 Å². The van der Waals surface area contributed by atoms with E-state index in [2.05, 4.69) is 15.9 Å². The summed E-state index contributed by atoms with van der Waals surface area (Å²) in [6.45, 7) is 0. The first-order valence-corrected chi connectivity index (χ1v) is 9.13. The Hall–Kier alpha value is -2.25. The Labute approximate surface area is 153 Å². The second-order valence-corrected chi connectivity index (χ2v) is 7.86. The van der Waals surface area contributed by atoms with Crippen LogP contribution in [0.25, 0.3) is 6.08 Å². The van der Waals surface area contributed by atoms with Crippen molar-refractivity contribution in [1.82, 2.24) is 0 Å². The lowest BCUT2D eigenvalue weighted by molar-refractivity contribution is 0.377. The van der Waals surface area contributed by atoms with E-state index in [0.29, 0.717) is 4.47 Å². The maximum atomic E-state index is 13.7. The highest BCUT2D eigenvalue weighted by molar-refractivity contribution is 9.10. The molecule has 0 aliphatic heterocycles. The molecule has 2 rings (SSSR count). The van der Waals surface area contributed by atoms with Crippen molar-refractivity contribution in [2.75, 3.05) is 0 Å². The summed E-state index contributed by atoms with van der Waals surface area (Å²) < 4.78 is 92.0. The van der Waals surface area contributed by atoms with E-state index in [9.17, 15) is 30.4 Å². The number of benzene rings is 2. The average molecular weight is 452 g/mol. The van der Waals surface area contributed by atoms with Crippen LogP contribution in [0.4, 0.5) is 22.0 Å². The van der Waals surface area contributed by atoms with Crippen molar-refractivity contribution in [3.8, 4) is 6.07 Å². The van der Waals surface area contributed by atoms with Crippen LogP contribution < -0.4 is 0 Å². The second-order valence-electron chi connectivity index (χ2n) is 4.99. The highest BCUT2D eigenvalue weighted by Gasteiger charge is 2.27. The fourth-order valence-electron chi connectivity index (χ4n) is 1.95. The minimum atomic E-state index is -4.39. The maximum Gasteiger partial charge on any atom is 0.200 e. The van der Waals surface area contributed by atoms with E-state index >= 15 is 0 Å². The van der Waals surface area contributed by atoms with Gasteiger partial charge in [-0.3, -0.25) is 0 Å². The van der Waals surface area contributed by atoms with Gasteiger partial charge in [0.15, 0.2) is 33.1 Å². The van der Waals surface area contributed by atoms with Gasteiger partial charge < -0.3 is 0 Å². The molecule has 0 aliphatic rings. The Kier molecular flexibility index (Phi) is 5.83. The van der Waals surface area contributed by atoms with Gasteiger partial charge in [0.25, 0.3) is 0 Å². The number of nitrogens with zero attached hydrogens (tertiary/aromatic N) is 1. The van der Waals surface area contributed by atoms with Gasteiger partial charge in [-0.25, -0.2) is 30.4 Å². The molecule has 0 radical (unpaired) electrons. The monoisotopic (exact) mass is 451 g/mol. The minimum Gasteiger partial charge on any atom is -0.223 e. The van der Waals surface area contributed by atoms with Gasteiger partial charge in [0, 0.05) is 4.47 Å². The molecule has 0 fully saturated rings. The van der Waals surface area contributed by atoms with Gasteiger partial charge in [-0.05, 0) is 23.8 Å². The summed E-state index contributed by atoms with van der Waals surface area (Å²) in [4.78, 5) is -1.14. The average Bonchev–Trinajstić information content (AvgIpc) is 2.60. The van der Waals surface area contributed by atoms with E-state index in [1.165, 1.54) is 30.3 Å². The van der Waals surface area contributed by atoms with Crippen LogP contribution in [0.15, 0.2) is 33.6 Å². The van der Waals surface area contributed by atoms with Crippen molar-refractivity contribution in [2.45, 2.75) is 5.75 Å². The van der Waals surface area contributed by atoms with Crippen LogP contribution in [0, 0.1) is 40.4 Å². The SMILES string of the molecule is N#CC(=Cc1c(F)c(F)c(F)c(F)c1F)S(=O)(=O)Cc1ccc(Br)cc1. The molecule has 0 aromatic heterocycles. The van der Waals surface area contributed by atoms with Gasteiger partial charge in [0.05, 0.1) is 11.3 Å². The van der Waals surface area contributed by atoms with E-state index in [1.54, 1.807) is 0 Å². The molecule has 0 aliphatic carbocycles. The van der Waals surface area contributed by atoms with E-state index in [-0.39, 0.29) is 11.6 Å². The van der Waals surface area contributed by atoms with Crippen molar-refractivity contribution in [3.05, 3.63) is 73.9 Å². The summed E-state index contributed by atoms with van der Waals surface area (Å²) in [6, 6.07) is 7.14. The number of nitriles is 1. The van der Waals surface area contributed by atoms with Gasteiger partial charge >= 0.3 is 0 Å². The standard InChI is InChI=1S/C16H7BrF5NO2S/c17-9-3-1-8(2-4-9)7-26(24,25)10(6-23)5-11-12(18)14(20)16(22)15(21)13(11)19/h1-5H,7H2. The van der Waals surface area contributed by atoms with Crippen molar-refractivity contribution >= 4 is 31.8 Å². The lowest BCUT2D eigenvalue weighted by Gasteiger charge is -2.07. The largest absolute Gasteiger partial charge is 0.223 e. The van der Waals surface area contributed by atoms with Crippen LogP contribution >= 0.6 is 15.9 Å². The summed E-state index contributed by atoms with van der Waals surface area (Å²) in [5.74, 6) is -12.0. The number of hydrogen-bond acceptors (Lipinski definition) is 3. The first kappa shape index (κ1) is 20.1. The number of hydrogen-bond donors (Lipinski definition) is 0. The zero-order valence-corrected chi connectivity index (χ0v) is 14.9. The molecule has 0 spiro atoms. The summed E-state index contributed by atoms with van der Waals surface area (Å²) in [7, 11) is -4.39. The highest BCUT2D eigenvalue weighted by Crippen LogP contribution is 2.26. The van der Waals surface area contributed by atoms with Crippen LogP contribution in [0.1, 0.15) is 11.1 Å². The van der Waals surface area contributed by atoms with Gasteiger partial charge in [-0.15, -0.1) is 0 Å². The molecule has 0 heterocycles. The first-order valence-electron chi connectivity index (χ1n) is 6.69. The molecule has 3 nitrogen and oxygen atoms in total. The van der Waals surface area contributed by atoms with Gasteiger partial charge in [-0.2, -0.15) is 5.26 Å². The Bertz CT molecular complexity index is 1010. The van der Waals surface area contributed by atoms with Crippen molar-refractivity contribution in [3.63, 3.8) is 0 Å². The van der Waals surface area contributed by atoms with Crippen LogP contribution in [-0.2, 0) is 15.6 Å². The fraction of sp³-hybridized carbons (Fsp3) is 0.0625. The topological polar surface area (TPSA) is 57.9 Å². The zero-order chi connectivity index (χ0) is 19.6. The third-order valence-corrected chi connectivity index (χ3v) is 5.36. The molecule has 0 amide bonds. The molecule has 0 N–H and O–H groups in total. The number of sulfone groups is 1. The molecular formula is C16H7BrF5NO2S. The van der Waals surface area contributed by atoms with Gasteiger partial charge in [-0.1, -0.05) is 28.1 Å². The highest BCUT2D eigenvalue weighted by atomic mass is 79.9. The summed E-state index contributed by atoms with van der Waals surface area (Å²) in [5, 5.41) is 9.01.